The van der Waals surface area contributed by atoms with Gasteiger partial charge in [-0.2, -0.15) is 0 Å². The Morgan fingerprint density at radius 3 is 2.44 bits per heavy atom. The molecule has 0 fully saturated rings. The number of aryl methyl sites for hydroxylation is 1. The van der Waals surface area contributed by atoms with Gasteiger partial charge in [0.05, 0.1) is 6.54 Å². The molecule has 0 radical (unpaired) electrons. The highest BCUT2D eigenvalue weighted by molar-refractivity contribution is 6.35. The van der Waals surface area contributed by atoms with E-state index in [0.29, 0.717) is 19.4 Å². The third-order valence-electron chi connectivity index (χ3n) is 4.62. The van der Waals surface area contributed by atoms with Gasteiger partial charge in [0.15, 0.2) is 0 Å². The Hall–Kier alpha value is -2.66. The maximum atomic E-state index is 12.0. The van der Waals surface area contributed by atoms with E-state index in [9.17, 15) is 14.7 Å². The molecule has 0 heterocycles. The van der Waals surface area contributed by atoms with Gasteiger partial charge in [-0.25, -0.2) is 0 Å². The monoisotopic (exact) mass is 338 g/mol. The van der Waals surface area contributed by atoms with Gasteiger partial charge in [0.2, 0.25) is 0 Å². The van der Waals surface area contributed by atoms with Crippen LogP contribution in [0.3, 0.4) is 0 Å². The van der Waals surface area contributed by atoms with Crippen molar-refractivity contribution in [3.05, 3.63) is 71.3 Å². The molecule has 130 valence electrons. The highest BCUT2D eigenvalue weighted by atomic mass is 16.3. The maximum absolute atomic E-state index is 12.0. The first kappa shape index (κ1) is 17.2. The van der Waals surface area contributed by atoms with Crippen LogP contribution in [0, 0.1) is 0 Å². The summed E-state index contributed by atoms with van der Waals surface area (Å²) in [7, 11) is 0. The van der Waals surface area contributed by atoms with E-state index in [2.05, 4.69) is 10.6 Å². The standard InChI is InChI=1S/C20H22N2O3/c23-18(21-13-11-15-6-2-1-3-7-15)19(24)22-14-20(25)12-10-16-8-4-5-9-17(16)20/h1-9,25H,10-14H2,(H,21,23)(H,22,24). The Labute approximate surface area is 147 Å². The first-order valence-electron chi connectivity index (χ1n) is 8.49. The molecule has 0 saturated heterocycles. The summed E-state index contributed by atoms with van der Waals surface area (Å²) in [5.74, 6) is -1.39. The highest BCUT2D eigenvalue weighted by Crippen LogP contribution is 2.36. The molecule has 25 heavy (non-hydrogen) atoms. The fourth-order valence-corrected chi connectivity index (χ4v) is 3.20. The second-order valence-electron chi connectivity index (χ2n) is 6.36. The fraction of sp³-hybridized carbons (Fsp3) is 0.300. The number of amides is 2. The van der Waals surface area contributed by atoms with Gasteiger partial charge in [0, 0.05) is 6.54 Å². The van der Waals surface area contributed by atoms with Crippen molar-refractivity contribution >= 4 is 11.8 Å². The molecule has 0 aromatic heterocycles. The largest absolute Gasteiger partial charge is 0.383 e. The summed E-state index contributed by atoms with van der Waals surface area (Å²) in [5.41, 5.74) is 1.92. The van der Waals surface area contributed by atoms with Gasteiger partial charge >= 0.3 is 11.8 Å². The van der Waals surface area contributed by atoms with Crippen LogP contribution in [0.4, 0.5) is 0 Å². The van der Waals surface area contributed by atoms with Gasteiger partial charge in [-0.05, 0) is 36.0 Å². The number of carbonyl (C=O) groups is 2. The van der Waals surface area contributed by atoms with Gasteiger partial charge in [0.1, 0.15) is 5.60 Å². The molecular weight excluding hydrogens is 316 g/mol. The lowest BCUT2D eigenvalue weighted by Crippen LogP contribution is -2.46. The summed E-state index contributed by atoms with van der Waals surface area (Å²) in [6.07, 6.45) is 1.98. The minimum atomic E-state index is -1.10. The second-order valence-corrected chi connectivity index (χ2v) is 6.36. The molecule has 0 aliphatic heterocycles. The van der Waals surface area contributed by atoms with Gasteiger partial charge < -0.3 is 15.7 Å². The smallest absolute Gasteiger partial charge is 0.309 e. The predicted molar refractivity (Wildman–Crippen MR) is 94.8 cm³/mol. The summed E-state index contributed by atoms with van der Waals surface area (Å²) in [6, 6.07) is 17.4. The normalized spacial score (nSPS) is 18.4. The summed E-state index contributed by atoms with van der Waals surface area (Å²) in [6.45, 7) is 0.429. The molecule has 3 rings (SSSR count). The minimum Gasteiger partial charge on any atom is -0.383 e. The average molecular weight is 338 g/mol. The van der Waals surface area contributed by atoms with Crippen molar-refractivity contribution in [2.45, 2.75) is 24.9 Å². The van der Waals surface area contributed by atoms with Gasteiger partial charge in [-0.15, -0.1) is 0 Å². The molecule has 0 spiro atoms. The predicted octanol–water partition coefficient (Wildman–Crippen LogP) is 1.30. The van der Waals surface area contributed by atoms with Crippen molar-refractivity contribution in [3.8, 4) is 0 Å². The zero-order chi connectivity index (χ0) is 17.7. The lowest BCUT2D eigenvalue weighted by atomic mass is 9.96. The first-order chi connectivity index (χ1) is 12.1. The topological polar surface area (TPSA) is 78.4 Å². The third-order valence-corrected chi connectivity index (χ3v) is 4.62. The Balaban J connectivity index is 1.47. The molecule has 5 nitrogen and oxygen atoms in total. The van der Waals surface area contributed by atoms with Gasteiger partial charge in [-0.1, -0.05) is 54.6 Å². The van der Waals surface area contributed by atoms with Crippen molar-refractivity contribution in [3.63, 3.8) is 0 Å². The summed E-state index contributed by atoms with van der Waals surface area (Å²) < 4.78 is 0. The highest BCUT2D eigenvalue weighted by Gasteiger charge is 2.36. The van der Waals surface area contributed by atoms with E-state index in [0.717, 1.165) is 23.1 Å². The number of carbonyl (C=O) groups excluding carboxylic acids is 2. The molecule has 1 aliphatic carbocycles. The molecule has 1 atom stereocenters. The van der Waals surface area contributed by atoms with Crippen LogP contribution in [0.15, 0.2) is 54.6 Å². The van der Waals surface area contributed by atoms with Crippen LogP contribution in [0.2, 0.25) is 0 Å². The van der Waals surface area contributed by atoms with Crippen LogP contribution in [0.5, 0.6) is 0 Å². The Kier molecular flexibility index (Phi) is 5.14. The van der Waals surface area contributed by atoms with Crippen LogP contribution in [-0.2, 0) is 28.0 Å². The lowest BCUT2D eigenvalue weighted by Gasteiger charge is -2.24. The van der Waals surface area contributed by atoms with Crippen LogP contribution in [0.1, 0.15) is 23.1 Å². The molecule has 3 N–H and O–H groups in total. The molecule has 0 bridgehead atoms. The van der Waals surface area contributed by atoms with E-state index in [1.54, 1.807) is 0 Å². The fourth-order valence-electron chi connectivity index (χ4n) is 3.20. The molecule has 2 amide bonds. The molecular formula is C20H22N2O3. The van der Waals surface area contributed by atoms with E-state index in [1.807, 2.05) is 54.6 Å². The van der Waals surface area contributed by atoms with Crippen molar-refractivity contribution in [2.75, 3.05) is 13.1 Å². The molecule has 1 aliphatic rings. The number of benzene rings is 2. The van der Waals surface area contributed by atoms with Crippen LogP contribution in [-0.4, -0.2) is 30.0 Å². The van der Waals surface area contributed by atoms with Crippen molar-refractivity contribution in [2.24, 2.45) is 0 Å². The number of nitrogens with one attached hydrogen (secondary N) is 2. The molecule has 0 saturated carbocycles. The quantitative estimate of drug-likeness (QED) is 0.719. The molecule has 2 aromatic rings. The number of hydrogen-bond acceptors (Lipinski definition) is 3. The Morgan fingerprint density at radius 2 is 1.64 bits per heavy atom. The van der Waals surface area contributed by atoms with Crippen LogP contribution in [0.25, 0.3) is 0 Å². The number of fused-ring (bicyclic) bond motifs is 1. The van der Waals surface area contributed by atoms with Gasteiger partial charge in [0.25, 0.3) is 0 Å². The van der Waals surface area contributed by atoms with E-state index >= 15 is 0 Å². The van der Waals surface area contributed by atoms with Crippen molar-refractivity contribution in [1.82, 2.24) is 10.6 Å². The number of rotatable bonds is 5. The van der Waals surface area contributed by atoms with Gasteiger partial charge in [-0.3, -0.25) is 9.59 Å². The number of hydrogen-bond donors (Lipinski definition) is 3. The Morgan fingerprint density at radius 1 is 0.960 bits per heavy atom. The Bertz CT molecular complexity index is 761. The summed E-state index contributed by atoms with van der Waals surface area (Å²) >= 11 is 0. The summed E-state index contributed by atoms with van der Waals surface area (Å²) in [5, 5.41) is 15.9. The maximum Gasteiger partial charge on any atom is 0.309 e. The van der Waals surface area contributed by atoms with Crippen LogP contribution < -0.4 is 10.6 Å². The van der Waals surface area contributed by atoms with Crippen molar-refractivity contribution in [1.29, 1.82) is 0 Å². The van der Waals surface area contributed by atoms with E-state index in [-0.39, 0.29) is 6.54 Å². The van der Waals surface area contributed by atoms with E-state index in [4.69, 9.17) is 0 Å². The average Bonchev–Trinajstić information content (AvgIpc) is 2.98. The molecule has 5 heteroatoms. The SMILES string of the molecule is O=C(NCCc1ccccc1)C(=O)NCC1(O)CCc2ccccc21. The molecule has 1 unspecified atom stereocenters. The molecule has 2 aromatic carbocycles. The second kappa shape index (κ2) is 7.49. The van der Waals surface area contributed by atoms with E-state index in [1.165, 1.54) is 0 Å². The zero-order valence-corrected chi connectivity index (χ0v) is 14.0. The van der Waals surface area contributed by atoms with Crippen molar-refractivity contribution < 1.29 is 14.7 Å². The zero-order valence-electron chi connectivity index (χ0n) is 14.0. The number of aliphatic hydroxyl groups is 1. The van der Waals surface area contributed by atoms with E-state index < -0.39 is 17.4 Å². The third kappa shape index (κ3) is 4.06. The minimum absolute atomic E-state index is 0.0367. The summed E-state index contributed by atoms with van der Waals surface area (Å²) in [4.78, 5) is 23.8. The lowest BCUT2D eigenvalue weighted by molar-refractivity contribution is -0.139. The first-order valence-corrected chi connectivity index (χ1v) is 8.49. The van der Waals surface area contributed by atoms with Crippen LogP contribution >= 0.6 is 0 Å².